The van der Waals surface area contributed by atoms with Crippen LogP contribution in [0.15, 0.2) is 11.1 Å². The fourth-order valence-electron chi connectivity index (χ4n) is 2.11. The first-order chi connectivity index (χ1) is 10.1. The number of hydrogen-bond donors (Lipinski definition) is 1. The van der Waals surface area contributed by atoms with E-state index in [0.717, 1.165) is 5.57 Å². The number of amides is 1. The summed E-state index contributed by atoms with van der Waals surface area (Å²) in [6, 6.07) is -0.288. The first kappa shape index (κ1) is 18.6. The fourth-order valence-corrected chi connectivity index (χ4v) is 2.11. The van der Waals surface area contributed by atoms with E-state index in [1.54, 1.807) is 7.11 Å². The van der Waals surface area contributed by atoms with Gasteiger partial charge in [0.2, 0.25) is 5.91 Å². The molecule has 0 radical (unpaired) electrons. The molecule has 2 atom stereocenters. The Morgan fingerprint density at radius 1 is 1.41 bits per heavy atom. The van der Waals surface area contributed by atoms with E-state index in [1.807, 2.05) is 34.6 Å². The standard InChI is InChI=1S/C16H27NO5/c1-10(8-21-11(2)9-20-6)14(12-7-13(18)17-12)15(19)22-16(3,4)5/h11-12H,7-9H2,1-6H3,(H,17,18)/b14-10-. The van der Waals surface area contributed by atoms with Crippen LogP contribution in [0.2, 0.25) is 0 Å². The third kappa shape index (κ3) is 5.77. The van der Waals surface area contributed by atoms with Crippen LogP contribution in [0.4, 0.5) is 0 Å². The summed E-state index contributed by atoms with van der Waals surface area (Å²) in [6.07, 6.45) is 0.232. The predicted octanol–water partition coefficient (Wildman–Crippen LogP) is 1.58. The maximum absolute atomic E-state index is 12.4. The summed E-state index contributed by atoms with van der Waals surface area (Å²) in [5, 5.41) is 2.73. The van der Waals surface area contributed by atoms with Crippen molar-refractivity contribution in [3.63, 3.8) is 0 Å². The van der Waals surface area contributed by atoms with Crippen LogP contribution in [-0.2, 0) is 23.8 Å². The average Bonchev–Trinajstić information content (AvgIpc) is 2.32. The zero-order valence-corrected chi connectivity index (χ0v) is 14.3. The van der Waals surface area contributed by atoms with Crippen molar-refractivity contribution >= 4 is 11.9 Å². The highest BCUT2D eigenvalue weighted by Crippen LogP contribution is 2.23. The highest BCUT2D eigenvalue weighted by molar-refractivity contribution is 5.96. The molecular weight excluding hydrogens is 286 g/mol. The van der Waals surface area contributed by atoms with Gasteiger partial charge in [-0.25, -0.2) is 4.79 Å². The Morgan fingerprint density at radius 2 is 2.00 bits per heavy atom. The molecule has 0 spiro atoms. The van der Waals surface area contributed by atoms with Crippen LogP contribution >= 0.6 is 0 Å². The Kier molecular flexibility index (Phi) is 6.56. The summed E-state index contributed by atoms with van der Waals surface area (Å²) in [5.41, 5.74) is 0.668. The third-order valence-electron chi connectivity index (χ3n) is 3.14. The number of carbonyl (C=O) groups excluding carboxylic acids is 2. The van der Waals surface area contributed by atoms with Gasteiger partial charge < -0.3 is 19.5 Å². The first-order valence-corrected chi connectivity index (χ1v) is 7.47. The van der Waals surface area contributed by atoms with Crippen LogP contribution in [0.1, 0.15) is 41.0 Å². The fraction of sp³-hybridized carbons (Fsp3) is 0.750. The minimum atomic E-state index is -0.583. The van der Waals surface area contributed by atoms with Gasteiger partial charge >= 0.3 is 5.97 Å². The number of methoxy groups -OCH3 is 1. The van der Waals surface area contributed by atoms with Crippen molar-refractivity contribution in [1.29, 1.82) is 0 Å². The smallest absolute Gasteiger partial charge is 0.336 e. The van der Waals surface area contributed by atoms with Gasteiger partial charge in [-0.1, -0.05) is 0 Å². The largest absolute Gasteiger partial charge is 0.457 e. The first-order valence-electron chi connectivity index (χ1n) is 7.47. The molecule has 1 aliphatic heterocycles. The minimum Gasteiger partial charge on any atom is -0.457 e. The average molecular weight is 313 g/mol. The number of β-lactam (4-membered cyclic amide) rings is 1. The number of nitrogens with one attached hydrogen (secondary N) is 1. The lowest BCUT2D eigenvalue weighted by atomic mass is 9.93. The van der Waals surface area contributed by atoms with E-state index >= 15 is 0 Å². The lowest BCUT2D eigenvalue weighted by Crippen LogP contribution is -2.52. The molecule has 0 aromatic heterocycles. The van der Waals surface area contributed by atoms with Crippen LogP contribution in [0, 0.1) is 0 Å². The second-order valence-electron chi connectivity index (χ2n) is 6.60. The molecule has 0 aliphatic carbocycles. The van der Waals surface area contributed by atoms with Gasteiger partial charge in [-0.3, -0.25) is 4.79 Å². The summed E-state index contributed by atoms with van der Waals surface area (Å²) in [5.74, 6) is -0.467. The van der Waals surface area contributed by atoms with Crippen molar-refractivity contribution in [2.45, 2.75) is 58.8 Å². The molecule has 1 N–H and O–H groups in total. The molecule has 0 aromatic rings. The zero-order chi connectivity index (χ0) is 16.9. The van der Waals surface area contributed by atoms with E-state index in [0.29, 0.717) is 25.2 Å². The van der Waals surface area contributed by atoms with Gasteiger partial charge in [-0.05, 0) is 40.2 Å². The van der Waals surface area contributed by atoms with Crippen molar-refractivity contribution in [2.24, 2.45) is 0 Å². The molecule has 1 amide bonds. The Hall–Kier alpha value is -1.40. The molecule has 1 aliphatic rings. The van der Waals surface area contributed by atoms with Crippen molar-refractivity contribution in [2.75, 3.05) is 20.3 Å². The minimum absolute atomic E-state index is 0.0625. The Balaban J connectivity index is 2.81. The monoisotopic (exact) mass is 313 g/mol. The van der Waals surface area contributed by atoms with Crippen molar-refractivity contribution < 1.29 is 23.8 Å². The second-order valence-corrected chi connectivity index (χ2v) is 6.60. The topological polar surface area (TPSA) is 73.9 Å². The molecular formula is C16H27NO5. The second kappa shape index (κ2) is 7.74. The summed E-state index contributed by atoms with van der Waals surface area (Å²) in [4.78, 5) is 23.6. The van der Waals surface area contributed by atoms with Crippen LogP contribution in [0.3, 0.4) is 0 Å². The third-order valence-corrected chi connectivity index (χ3v) is 3.14. The molecule has 0 aromatic carbocycles. The van der Waals surface area contributed by atoms with E-state index in [2.05, 4.69) is 5.32 Å². The highest BCUT2D eigenvalue weighted by Gasteiger charge is 2.35. The zero-order valence-electron chi connectivity index (χ0n) is 14.3. The SMILES string of the molecule is COCC(C)OC/C(C)=C(\C(=O)OC(C)(C)C)C1CC(=O)N1. The van der Waals surface area contributed by atoms with E-state index in [9.17, 15) is 9.59 Å². The highest BCUT2D eigenvalue weighted by atomic mass is 16.6. The van der Waals surface area contributed by atoms with Gasteiger partial charge in [0.15, 0.2) is 0 Å². The maximum atomic E-state index is 12.4. The number of carbonyl (C=O) groups is 2. The number of rotatable bonds is 7. The molecule has 1 fully saturated rings. The lowest BCUT2D eigenvalue weighted by Gasteiger charge is -2.31. The molecule has 6 nitrogen and oxygen atoms in total. The summed E-state index contributed by atoms with van der Waals surface area (Å²) in [6.45, 7) is 9.94. The Morgan fingerprint density at radius 3 is 2.45 bits per heavy atom. The van der Waals surface area contributed by atoms with Crippen molar-refractivity contribution in [3.05, 3.63) is 11.1 Å². The lowest BCUT2D eigenvalue weighted by molar-refractivity contribution is -0.150. The number of ether oxygens (including phenoxy) is 3. The van der Waals surface area contributed by atoms with Crippen molar-refractivity contribution in [1.82, 2.24) is 5.32 Å². The van der Waals surface area contributed by atoms with E-state index < -0.39 is 11.6 Å². The molecule has 22 heavy (non-hydrogen) atoms. The van der Waals surface area contributed by atoms with Crippen molar-refractivity contribution in [3.8, 4) is 0 Å². The van der Waals surface area contributed by atoms with Gasteiger partial charge in [-0.2, -0.15) is 0 Å². The maximum Gasteiger partial charge on any atom is 0.336 e. The van der Waals surface area contributed by atoms with Crippen LogP contribution in [0.5, 0.6) is 0 Å². The van der Waals surface area contributed by atoms with Crippen LogP contribution in [0.25, 0.3) is 0 Å². The molecule has 0 saturated carbocycles. The molecule has 1 saturated heterocycles. The quantitative estimate of drug-likeness (QED) is 0.439. The van der Waals surface area contributed by atoms with E-state index in [-0.39, 0.29) is 18.1 Å². The molecule has 1 heterocycles. The molecule has 2 unspecified atom stereocenters. The van der Waals surface area contributed by atoms with E-state index in [1.165, 1.54) is 0 Å². The van der Waals surface area contributed by atoms with Gasteiger partial charge in [0.1, 0.15) is 5.60 Å². The molecule has 0 bridgehead atoms. The van der Waals surface area contributed by atoms with Crippen LogP contribution < -0.4 is 5.32 Å². The summed E-state index contributed by atoms with van der Waals surface area (Å²) in [7, 11) is 1.61. The van der Waals surface area contributed by atoms with Gasteiger partial charge in [-0.15, -0.1) is 0 Å². The van der Waals surface area contributed by atoms with E-state index in [4.69, 9.17) is 14.2 Å². The predicted molar refractivity (Wildman–Crippen MR) is 82.4 cm³/mol. The Bertz CT molecular complexity index is 442. The molecule has 6 heteroatoms. The van der Waals surface area contributed by atoms with Crippen LogP contribution in [-0.4, -0.2) is 49.9 Å². The van der Waals surface area contributed by atoms with Gasteiger partial charge in [0.05, 0.1) is 37.4 Å². The van der Waals surface area contributed by atoms with Gasteiger partial charge in [0.25, 0.3) is 0 Å². The summed E-state index contributed by atoms with van der Waals surface area (Å²) >= 11 is 0. The molecule has 1 rings (SSSR count). The summed E-state index contributed by atoms with van der Waals surface area (Å²) < 4.78 is 16.1. The number of esters is 1. The molecule has 126 valence electrons. The Labute approximate surface area is 132 Å². The van der Waals surface area contributed by atoms with Gasteiger partial charge in [0, 0.05) is 7.11 Å². The normalized spacial score (nSPS) is 20.6. The number of hydrogen-bond acceptors (Lipinski definition) is 5.